The second-order valence-corrected chi connectivity index (χ2v) is 6.32. The van der Waals surface area contributed by atoms with Gasteiger partial charge in [0.05, 0.1) is 5.75 Å². The molecule has 1 aromatic heterocycles. The van der Waals surface area contributed by atoms with Gasteiger partial charge in [0.1, 0.15) is 5.75 Å². The van der Waals surface area contributed by atoms with Crippen LogP contribution in [0.1, 0.15) is 17.3 Å². The second kappa shape index (κ2) is 7.83. The Labute approximate surface area is 153 Å². The van der Waals surface area contributed by atoms with Crippen LogP contribution in [0.15, 0.2) is 58.2 Å². The first-order valence-corrected chi connectivity index (χ1v) is 8.66. The highest BCUT2D eigenvalue weighted by Gasteiger charge is 2.12. The molecule has 0 saturated heterocycles. The number of carbonyl (C=O) groups is 2. The maximum atomic E-state index is 12.0. The molecule has 3 aromatic rings. The van der Waals surface area contributed by atoms with E-state index in [1.807, 2.05) is 0 Å². The summed E-state index contributed by atoms with van der Waals surface area (Å²) in [6.07, 6.45) is 0. The number of anilines is 1. The molecule has 0 saturated carbocycles. The highest BCUT2D eigenvalue weighted by molar-refractivity contribution is 7.99. The van der Waals surface area contributed by atoms with Gasteiger partial charge in [-0.3, -0.25) is 9.59 Å². The van der Waals surface area contributed by atoms with E-state index in [0.29, 0.717) is 22.7 Å². The molecule has 3 rings (SSSR count). The van der Waals surface area contributed by atoms with E-state index in [1.54, 1.807) is 36.4 Å². The van der Waals surface area contributed by atoms with Crippen LogP contribution in [0.2, 0.25) is 0 Å². The fourth-order valence-corrected chi connectivity index (χ4v) is 2.69. The van der Waals surface area contributed by atoms with Gasteiger partial charge in [0, 0.05) is 16.8 Å². The lowest BCUT2D eigenvalue weighted by Gasteiger charge is -2.05. The van der Waals surface area contributed by atoms with E-state index in [4.69, 9.17) is 4.42 Å². The van der Waals surface area contributed by atoms with Crippen LogP contribution in [0.3, 0.4) is 0 Å². The molecule has 0 bridgehead atoms. The molecule has 0 atom stereocenters. The number of aromatic hydroxyl groups is 1. The predicted molar refractivity (Wildman–Crippen MR) is 97.2 cm³/mol. The number of hydrogen-bond donors (Lipinski definition) is 2. The molecule has 0 radical (unpaired) electrons. The maximum Gasteiger partial charge on any atom is 0.277 e. The normalized spacial score (nSPS) is 10.5. The van der Waals surface area contributed by atoms with Crippen LogP contribution in [0.4, 0.5) is 5.69 Å². The molecule has 2 aromatic carbocycles. The molecule has 26 heavy (non-hydrogen) atoms. The van der Waals surface area contributed by atoms with Crippen LogP contribution < -0.4 is 5.32 Å². The predicted octanol–water partition coefficient (Wildman–Crippen LogP) is 3.38. The van der Waals surface area contributed by atoms with Crippen LogP contribution in [0.5, 0.6) is 5.75 Å². The van der Waals surface area contributed by atoms with Gasteiger partial charge in [-0.05, 0) is 43.3 Å². The molecule has 8 heteroatoms. The smallest absolute Gasteiger partial charge is 0.277 e. The summed E-state index contributed by atoms with van der Waals surface area (Å²) in [7, 11) is 0. The van der Waals surface area contributed by atoms with E-state index in [9.17, 15) is 14.7 Å². The topological polar surface area (TPSA) is 105 Å². The fraction of sp³-hybridized carbons (Fsp3) is 0.111. The molecule has 0 unspecified atom stereocenters. The minimum atomic E-state index is -0.250. The van der Waals surface area contributed by atoms with Gasteiger partial charge in [-0.1, -0.05) is 23.9 Å². The number of phenolic OH excluding ortho intramolecular Hbond substituents is 1. The van der Waals surface area contributed by atoms with Crippen LogP contribution in [0.25, 0.3) is 11.5 Å². The van der Waals surface area contributed by atoms with Crippen molar-refractivity contribution in [3.05, 3.63) is 54.1 Å². The summed E-state index contributed by atoms with van der Waals surface area (Å²) in [5.74, 6) is 0.222. The molecule has 2 N–H and O–H groups in total. The minimum absolute atomic E-state index is 0.0666. The van der Waals surface area contributed by atoms with Gasteiger partial charge in [-0.25, -0.2) is 0 Å². The Morgan fingerprint density at radius 1 is 1.15 bits per heavy atom. The molecule has 0 aliphatic carbocycles. The van der Waals surface area contributed by atoms with E-state index in [1.165, 1.54) is 19.1 Å². The van der Waals surface area contributed by atoms with Crippen molar-refractivity contribution in [3.8, 4) is 17.2 Å². The lowest BCUT2D eigenvalue weighted by molar-refractivity contribution is -0.113. The molecule has 7 nitrogen and oxygen atoms in total. The Morgan fingerprint density at radius 3 is 2.65 bits per heavy atom. The number of phenols is 1. The van der Waals surface area contributed by atoms with Crippen molar-refractivity contribution in [2.45, 2.75) is 12.1 Å². The number of aromatic nitrogens is 2. The Morgan fingerprint density at radius 2 is 1.92 bits per heavy atom. The zero-order valence-electron chi connectivity index (χ0n) is 13.8. The van der Waals surface area contributed by atoms with Gasteiger partial charge in [0.15, 0.2) is 5.78 Å². The van der Waals surface area contributed by atoms with E-state index in [2.05, 4.69) is 15.5 Å². The van der Waals surface area contributed by atoms with E-state index >= 15 is 0 Å². The third kappa shape index (κ3) is 4.48. The van der Waals surface area contributed by atoms with Crippen molar-refractivity contribution in [2.75, 3.05) is 11.1 Å². The Kier molecular flexibility index (Phi) is 5.33. The monoisotopic (exact) mass is 369 g/mol. The summed E-state index contributed by atoms with van der Waals surface area (Å²) in [5, 5.41) is 20.1. The van der Waals surface area contributed by atoms with Crippen LogP contribution in [-0.4, -0.2) is 32.7 Å². The van der Waals surface area contributed by atoms with Crippen molar-refractivity contribution in [1.82, 2.24) is 10.2 Å². The number of carbonyl (C=O) groups excluding carboxylic acids is 2. The Bertz CT molecular complexity index is 938. The summed E-state index contributed by atoms with van der Waals surface area (Å²) in [5.41, 5.74) is 1.76. The minimum Gasteiger partial charge on any atom is -0.508 e. The van der Waals surface area contributed by atoms with Gasteiger partial charge >= 0.3 is 0 Å². The largest absolute Gasteiger partial charge is 0.508 e. The number of hydrogen-bond acceptors (Lipinski definition) is 7. The molecular formula is C18H15N3O4S. The van der Waals surface area contributed by atoms with Gasteiger partial charge in [0.2, 0.25) is 11.8 Å². The molecule has 132 valence electrons. The molecule has 0 aliphatic heterocycles. The zero-order valence-corrected chi connectivity index (χ0v) is 14.6. The number of ketones is 1. The van der Waals surface area contributed by atoms with Gasteiger partial charge in [-0.15, -0.1) is 10.2 Å². The highest BCUT2D eigenvalue weighted by Crippen LogP contribution is 2.24. The molecule has 0 aliphatic rings. The van der Waals surface area contributed by atoms with E-state index < -0.39 is 0 Å². The van der Waals surface area contributed by atoms with Crippen LogP contribution in [-0.2, 0) is 4.79 Å². The van der Waals surface area contributed by atoms with E-state index in [-0.39, 0.29) is 28.4 Å². The third-order valence-electron chi connectivity index (χ3n) is 3.40. The number of benzene rings is 2. The zero-order chi connectivity index (χ0) is 18.5. The number of nitrogens with zero attached hydrogens (tertiary/aromatic N) is 2. The third-order valence-corrected chi connectivity index (χ3v) is 4.22. The maximum absolute atomic E-state index is 12.0. The second-order valence-electron chi connectivity index (χ2n) is 5.39. The average molecular weight is 369 g/mol. The fourth-order valence-electron chi connectivity index (χ4n) is 2.13. The quantitative estimate of drug-likeness (QED) is 0.507. The van der Waals surface area contributed by atoms with Gasteiger partial charge < -0.3 is 14.8 Å². The molecule has 0 spiro atoms. The van der Waals surface area contributed by atoms with Crippen LogP contribution in [0, 0.1) is 0 Å². The first-order valence-electron chi connectivity index (χ1n) is 7.68. The molecule has 1 amide bonds. The lowest BCUT2D eigenvalue weighted by atomic mass is 10.1. The summed E-state index contributed by atoms with van der Waals surface area (Å²) < 4.78 is 5.50. The molecule has 1 heterocycles. The van der Waals surface area contributed by atoms with Gasteiger partial charge in [0.25, 0.3) is 5.22 Å². The van der Waals surface area contributed by atoms with Crippen molar-refractivity contribution in [1.29, 1.82) is 0 Å². The first-order chi connectivity index (χ1) is 12.5. The first kappa shape index (κ1) is 17.7. The highest BCUT2D eigenvalue weighted by atomic mass is 32.2. The van der Waals surface area contributed by atoms with Crippen molar-refractivity contribution in [3.63, 3.8) is 0 Å². The SMILES string of the molecule is CC(=O)c1cccc(NC(=O)CSc2nnc(-c3ccc(O)cc3)o2)c1. The van der Waals surface area contributed by atoms with E-state index in [0.717, 1.165) is 11.8 Å². The summed E-state index contributed by atoms with van der Waals surface area (Å²) >= 11 is 1.11. The number of amides is 1. The van der Waals surface area contributed by atoms with Crippen molar-refractivity contribution >= 4 is 29.1 Å². The number of rotatable bonds is 6. The number of thioether (sulfide) groups is 1. The van der Waals surface area contributed by atoms with Gasteiger partial charge in [-0.2, -0.15) is 0 Å². The van der Waals surface area contributed by atoms with Crippen molar-refractivity contribution in [2.24, 2.45) is 0 Å². The number of Topliss-reactive ketones (excluding diaryl/α,β-unsaturated/α-hetero) is 1. The Hall–Kier alpha value is -3.13. The van der Waals surface area contributed by atoms with Crippen LogP contribution >= 0.6 is 11.8 Å². The number of nitrogens with one attached hydrogen (secondary N) is 1. The molecular weight excluding hydrogens is 354 g/mol. The summed E-state index contributed by atoms with van der Waals surface area (Å²) in [4.78, 5) is 23.4. The average Bonchev–Trinajstić information content (AvgIpc) is 3.10. The Balaban J connectivity index is 1.57. The summed E-state index contributed by atoms with van der Waals surface area (Å²) in [6, 6.07) is 13.1. The standard InChI is InChI=1S/C18H15N3O4S/c1-11(22)13-3-2-4-14(9-13)19-16(24)10-26-18-21-20-17(25-18)12-5-7-15(23)8-6-12/h2-9,23H,10H2,1H3,(H,19,24). The summed E-state index contributed by atoms with van der Waals surface area (Å²) in [6.45, 7) is 1.47. The molecule has 0 fully saturated rings. The van der Waals surface area contributed by atoms with Crippen molar-refractivity contribution < 1.29 is 19.1 Å². The lowest BCUT2D eigenvalue weighted by Crippen LogP contribution is -2.14.